The zero-order chi connectivity index (χ0) is 13.0. The molecule has 0 aliphatic carbocycles. The van der Waals surface area contributed by atoms with Gasteiger partial charge < -0.3 is 15.1 Å². The van der Waals surface area contributed by atoms with Crippen molar-refractivity contribution in [3.63, 3.8) is 0 Å². The molecule has 101 valence electrons. The molecule has 1 radical (unpaired) electrons. The van der Waals surface area contributed by atoms with Gasteiger partial charge in [0.15, 0.2) is 0 Å². The van der Waals surface area contributed by atoms with Gasteiger partial charge in [0.05, 0.1) is 0 Å². The van der Waals surface area contributed by atoms with Crippen LogP contribution in [-0.4, -0.2) is 55.5 Å². The maximum absolute atomic E-state index is 12.0. The number of likely N-dealkylation sites (N-methyl/N-ethyl adjacent to an activating group) is 1. The van der Waals surface area contributed by atoms with E-state index in [4.69, 9.17) is 0 Å². The normalized spacial score (nSPS) is 18.3. The fraction of sp³-hybridized carbons (Fsp3) is 0.500. The van der Waals surface area contributed by atoms with Crippen LogP contribution in [0.25, 0.3) is 5.32 Å². The average molecular weight is 335 g/mol. The Morgan fingerprint density at radius 1 is 1.37 bits per heavy atom. The third-order valence-electron chi connectivity index (χ3n) is 3.40. The zero-order valence-corrected chi connectivity index (χ0v) is 14.5. The Balaban J connectivity index is 0.00000180. The topological polar surface area (TPSA) is 37.7 Å². The summed E-state index contributed by atoms with van der Waals surface area (Å²) in [7, 11) is 4.12. The molecule has 0 spiro atoms. The molecular weight excluding hydrogens is 315 g/mol. The minimum Gasteiger partial charge on any atom is -0.677 e. The summed E-state index contributed by atoms with van der Waals surface area (Å²) in [6.45, 7) is 1.94. The molecule has 1 saturated heterocycles. The molecule has 0 saturated carbocycles. The van der Waals surface area contributed by atoms with Crippen molar-refractivity contribution >= 4 is 11.6 Å². The SMILES string of the molecule is CN(C)C1CCN(C(=O)C[N-]c2ccccc2)C1.[Y]. The average Bonchev–Trinajstić information content (AvgIpc) is 2.87. The first-order valence-corrected chi connectivity index (χ1v) is 6.33. The fourth-order valence-corrected chi connectivity index (χ4v) is 2.18. The Hall–Kier alpha value is -0.446. The largest absolute Gasteiger partial charge is 0.677 e. The first-order valence-electron chi connectivity index (χ1n) is 6.33. The van der Waals surface area contributed by atoms with Crippen LogP contribution in [0, 0.1) is 0 Å². The van der Waals surface area contributed by atoms with E-state index >= 15 is 0 Å². The Labute approximate surface area is 140 Å². The van der Waals surface area contributed by atoms with Crippen LogP contribution in [0.4, 0.5) is 5.69 Å². The first kappa shape index (κ1) is 16.6. The second-order valence-corrected chi connectivity index (χ2v) is 4.90. The quantitative estimate of drug-likeness (QED) is 0.842. The standard InChI is InChI=1S/C14H20N3O.Y/c1-16(2)13-8-9-17(11-13)14(18)10-15-12-6-4-3-5-7-12;/h3-7,13H,8-11H2,1-2H3;/q-1;. The molecule has 1 aliphatic rings. The smallest absolute Gasteiger partial charge is 0.204 e. The number of hydrogen-bond donors (Lipinski definition) is 0. The van der Waals surface area contributed by atoms with E-state index in [0.717, 1.165) is 25.2 Å². The maximum Gasteiger partial charge on any atom is 0.204 e. The van der Waals surface area contributed by atoms with Gasteiger partial charge in [0.25, 0.3) is 0 Å². The molecule has 1 unspecified atom stereocenters. The Kier molecular flexibility index (Phi) is 6.97. The minimum atomic E-state index is 0. The zero-order valence-electron chi connectivity index (χ0n) is 11.6. The molecule has 1 aliphatic heterocycles. The van der Waals surface area contributed by atoms with Crippen molar-refractivity contribution in [3.8, 4) is 0 Å². The Morgan fingerprint density at radius 2 is 2.05 bits per heavy atom. The minimum absolute atomic E-state index is 0. The van der Waals surface area contributed by atoms with Gasteiger partial charge >= 0.3 is 0 Å². The van der Waals surface area contributed by atoms with Crippen LogP contribution in [-0.2, 0) is 37.5 Å². The van der Waals surface area contributed by atoms with Crippen LogP contribution in [0.1, 0.15) is 6.42 Å². The number of carbonyl (C=O) groups is 1. The van der Waals surface area contributed by atoms with Crippen molar-refractivity contribution in [1.29, 1.82) is 0 Å². The molecule has 1 amide bonds. The molecule has 1 aromatic rings. The number of benzene rings is 1. The van der Waals surface area contributed by atoms with Crippen molar-refractivity contribution in [2.24, 2.45) is 0 Å². The monoisotopic (exact) mass is 335 g/mol. The number of hydrogen-bond acceptors (Lipinski definition) is 2. The Bertz CT molecular complexity index is 397. The first-order chi connectivity index (χ1) is 8.66. The van der Waals surface area contributed by atoms with E-state index in [-0.39, 0.29) is 45.2 Å². The van der Waals surface area contributed by atoms with E-state index in [1.807, 2.05) is 35.2 Å². The van der Waals surface area contributed by atoms with Gasteiger partial charge in [-0.2, -0.15) is 0 Å². The van der Waals surface area contributed by atoms with E-state index in [0.29, 0.717) is 6.04 Å². The molecule has 5 heteroatoms. The van der Waals surface area contributed by atoms with E-state index < -0.39 is 0 Å². The number of rotatable bonds is 4. The van der Waals surface area contributed by atoms with Crippen LogP contribution in [0.2, 0.25) is 0 Å². The number of likely N-dealkylation sites (tertiary alicyclic amines) is 1. The van der Waals surface area contributed by atoms with E-state index in [2.05, 4.69) is 24.3 Å². The van der Waals surface area contributed by atoms with Crippen LogP contribution >= 0.6 is 0 Å². The summed E-state index contributed by atoms with van der Waals surface area (Å²) in [5.74, 6) is 0.128. The van der Waals surface area contributed by atoms with Gasteiger partial charge in [-0.3, -0.25) is 4.79 Å². The van der Waals surface area contributed by atoms with Gasteiger partial charge in [-0.25, -0.2) is 0 Å². The van der Waals surface area contributed by atoms with Gasteiger partial charge in [-0.15, -0.1) is 5.69 Å². The van der Waals surface area contributed by atoms with Gasteiger partial charge in [0.1, 0.15) is 0 Å². The van der Waals surface area contributed by atoms with Crippen molar-refractivity contribution < 1.29 is 37.5 Å². The van der Waals surface area contributed by atoms with Gasteiger partial charge in [0.2, 0.25) is 5.91 Å². The summed E-state index contributed by atoms with van der Waals surface area (Å²) < 4.78 is 0. The predicted octanol–water partition coefficient (Wildman–Crippen LogP) is 1.85. The number of para-hydroxylation sites is 1. The van der Waals surface area contributed by atoms with Crippen LogP contribution in [0.15, 0.2) is 30.3 Å². The van der Waals surface area contributed by atoms with Crippen molar-refractivity contribution in [1.82, 2.24) is 9.80 Å². The van der Waals surface area contributed by atoms with E-state index in [9.17, 15) is 4.79 Å². The summed E-state index contributed by atoms with van der Waals surface area (Å²) in [6.07, 6.45) is 1.06. The number of carbonyl (C=O) groups excluding carboxylic acids is 1. The van der Waals surface area contributed by atoms with E-state index in [1.165, 1.54) is 0 Å². The number of nitrogens with zero attached hydrogens (tertiary/aromatic N) is 3. The second-order valence-electron chi connectivity index (χ2n) is 4.90. The molecule has 19 heavy (non-hydrogen) atoms. The van der Waals surface area contributed by atoms with Crippen LogP contribution in [0.3, 0.4) is 0 Å². The van der Waals surface area contributed by atoms with Gasteiger partial charge in [0, 0.05) is 51.8 Å². The third-order valence-corrected chi connectivity index (χ3v) is 3.40. The summed E-state index contributed by atoms with van der Waals surface area (Å²) in [5.41, 5.74) is 0.870. The molecule has 0 bridgehead atoms. The molecule has 1 fully saturated rings. The van der Waals surface area contributed by atoms with Crippen molar-refractivity contribution in [2.45, 2.75) is 12.5 Å². The van der Waals surface area contributed by atoms with Gasteiger partial charge in [-0.1, -0.05) is 30.3 Å². The van der Waals surface area contributed by atoms with Gasteiger partial charge in [-0.05, 0) is 27.1 Å². The molecule has 1 heterocycles. The van der Waals surface area contributed by atoms with E-state index in [1.54, 1.807) is 0 Å². The molecule has 1 aromatic carbocycles. The van der Waals surface area contributed by atoms with Crippen molar-refractivity contribution in [2.75, 3.05) is 33.7 Å². The van der Waals surface area contributed by atoms with Crippen LogP contribution < -0.4 is 0 Å². The third kappa shape index (κ3) is 4.86. The predicted molar refractivity (Wildman–Crippen MR) is 73.0 cm³/mol. The summed E-state index contributed by atoms with van der Waals surface area (Å²) in [5, 5.41) is 4.32. The maximum atomic E-state index is 12.0. The fourth-order valence-electron chi connectivity index (χ4n) is 2.18. The molecule has 2 rings (SSSR count). The molecule has 0 N–H and O–H groups in total. The summed E-state index contributed by atoms with van der Waals surface area (Å²) in [6, 6.07) is 10.1. The van der Waals surface area contributed by atoms with Crippen molar-refractivity contribution in [3.05, 3.63) is 35.6 Å². The molecule has 4 nitrogen and oxygen atoms in total. The Morgan fingerprint density at radius 3 is 2.63 bits per heavy atom. The van der Waals surface area contributed by atoms with Crippen LogP contribution in [0.5, 0.6) is 0 Å². The molecular formula is C14H20N3OY-. The number of amides is 1. The summed E-state index contributed by atoms with van der Waals surface area (Å²) in [4.78, 5) is 16.1. The molecule has 0 aromatic heterocycles. The summed E-state index contributed by atoms with van der Waals surface area (Å²) >= 11 is 0. The second kappa shape index (κ2) is 7.98. The molecule has 1 atom stereocenters.